The minimum absolute atomic E-state index is 0.189. The molecule has 0 saturated carbocycles. The summed E-state index contributed by atoms with van der Waals surface area (Å²) in [5, 5.41) is 16.3. The molecule has 0 aliphatic carbocycles. The van der Waals surface area contributed by atoms with Crippen LogP contribution in [0, 0.1) is 0 Å². The Morgan fingerprint density at radius 1 is 1.64 bits per heavy atom. The molecule has 5 nitrogen and oxygen atoms in total. The molecule has 2 N–H and O–H groups in total. The number of aromatic nitrogens is 3. The smallest absolute Gasteiger partial charge is 0.337 e. The monoisotopic (exact) mass is 191 g/mol. The van der Waals surface area contributed by atoms with Gasteiger partial charge in [0.25, 0.3) is 0 Å². The summed E-state index contributed by atoms with van der Waals surface area (Å²) in [4.78, 5) is 14.6. The molecule has 5 heteroatoms. The highest BCUT2D eigenvalue weighted by Gasteiger charge is 2.09. The minimum atomic E-state index is -0.970. The number of H-pyrrole nitrogens is 1. The van der Waals surface area contributed by atoms with Crippen molar-refractivity contribution >= 4 is 17.0 Å². The van der Waals surface area contributed by atoms with E-state index in [0.29, 0.717) is 5.65 Å². The highest BCUT2D eigenvalue weighted by atomic mass is 16.4. The molecule has 0 aliphatic heterocycles. The van der Waals surface area contributed by atoms with Crippen molar-refractivity contribution in [2.45, 2.75) is 13.3 Å². The van der Waals surface area contributed by atoms with Gasteiger partial charge in [-0.05, 0) is 12.5 Å². The predicted molar refractivity (Wildman–Crippen MR) is 50.2 cm³/mol. The lowest BCUT2D eigenvalue weighted by Gasteiger charge is -1.94. The van der Waals surface area contributed by atoms with Crippen LogP contribution in [0.25, 0.3) is 11.0 Å². The van der Waals surface area contributed by atoms with Crippen LogP contribution in [0.15, 0.2) is 12.3 Å². The average Bonchev–Trinajstić information content (AvgIpc) is 2.59. The Bertz CT molecular complexity index is 490. The Labute approximate surface area is 79.8 Å². The number of pyridine rings is 1. The van der Waals surface area contributed by atoms with Crippen LogP contribution in [0.4, 0.5) is 0 Å². The maximum atomic E-state index is 10.7. The Hall–Kier alpha value is -1.91. The average molecular weight is 191 g/mol. The summed E-state index contributed by atoms with van der Waals surface area (Å²) in [7, 11) is 0. The van der Waals surface area contributed by atoms with E-state index in [1.54, 1.807) is 6.07 Å². The third kappa shape index (κ3) is 1.22. The zero-order valence-corrected chi connectivity index (χ0v) is 7.61. The van der Waals surface area contributed by atoms with Gasteiger partial charge in [-0.1, -0.05) is 6.92 Å². The molecule has 0 bridgehead atoms. The van der Waals surface area contributed by atoms with Crippen LogP contribution < -0.4 is 0 Å². The number of hydrogen-bond donors (Lipinski definition) is 2. The first kappa shape index (κ1) is 8.68. The van der Waals surface area contributed by atoms with Crippen LogP contribution in [0.5, 0.6) is 0 Å². The molecular formula is C9H9N3O2. The fraction of sp³-hybridized carbons (Fsp3) is 0.222. The maximum absolute atomic E-state index is 10.7. The van der Waals surface area contributed by atoms with Crippen molar-refractivity contribution in [3.63, 3.8) is 0 Å². The van der Waals surface area contributed by atoms with Gasteiger partial charge < -0.3 is 5.11 Å². The first-order valence-corrected chi connectivity index (χ1v) is 4.28. The molecule has 0 amide bonds. The molecular weight excluding hydrogens is 182 g/mol. The van der Waals surface area contributed by atoms with Gasteiger partial charge in [-0.2, -0.15) is 5.10 Å². The Morgan fingerprint density at radius 3 is 3.07 bits per heavy atom. The van der Waals surface area contributed by atoms with Gasteiger partial charge in [0.05, 0.1) is 5.56 Å². The number of carboxylic acid groups (broad SMARTS) is 1. The van der Waals surface area contributed by atoms with E-state index in [2.05, 4.69) is 15.2 Å². The van der Waals surface area contributed by atoms with Crippen LogP contribution in [0.2, 0.25) is 0 Å². The minimum Gasteiger partial charge on any atom is -0.478 e. The molecule has 2 heterocycles. The van der Waals surface area contributed by atoms with Crippen molar-refractivity contribution in [1.82, 2.24) is 15.2 Å². The van der Waals surface area contributed by atoms with E-state index in [-0.39, 0.29) is 5.56 Å². The highest BCUT2D eigenvalue weighted by molar-refractivity contribution is 5.92. The number of fused-ring (bicyclic) bond motifs is 1. The van der Waals surface area contributed by atoms with Gasteiger partial charge in [-0.25, -0.2) is 9.78 Å². The van der Waals surface area contributed by atoms with Gasteiger partial charge >= 0.3 is 5.97 Å². The van der Waals surface area contributed by atoms with Crippen molar-refractivity contribution in [2.75, 3.05) is 0 Å². The molecule has 0 unspecified atom stereocenters. The normalized spacial score (nSPS) is 10.6. The molecule has 0 aliphatic rings. The number of nitrogens with zero attached hydrogens (tertiary/aromatic N) is 2. The lowest BCUT2D eigenvalue weighted by atomic mass is 10.2. The summed E-state index contributed by atoms with van der Waals surface area (Å²) >= 11 is 0. The van der Waals surface area contributed by atoms with Crippen LogP contribution >= 0.6 is 0 Å². The number of carbonyl (C=O) groups is 1. The maximum Gasteiger partial charge on any atom is 0.337 e. The third-order valence-corrected chi connectivity index (χ3v) is 2.09. The molecule has 0 saturated heterocycles. The third-order valence-electron chi connectivity index (χ3n) is 2.09. The quantitative estimate of drug-likeness (QED) is 0.747. The molecule has 0 fully saturated rings. The van der Waals surface area contributed by atoms with E-state index in [0.717, 1.165) is 17.5 Å². The predicted octanol–water partition coefficient (Wildman–Crippen LogP) is 1.22. The molecule has 0 atom stereocenters. The van der Waals surface area contributed by atoms with Gasteiger partial charge in [0.1, 0.15) is 0 Å². The number of hydrogen-bond acceptors (Lipinski definition) is 3. The summed E-state index contributed by atoms with van der Waals surface area (Å²) in [6.07, 6.45) is 2.09. The zero-order valence-electron chi connectivity index (χ0n) is 7.61. The van der Waals surface area contributed by atoms with E-state index in [1.165, 1.54) is 6.20 Å². The van der Waals surface area contributed by atoms with Crippen molar-refractivity contribution in [3.05, 3.63) is 23.5 Å². The first-order valence-electron chi connectivity index (χ1n) is 4.28. The number of aromatic carboxylic acids is 1. The number of aryl methyl sites for hydroxylation is 1. The lowest BCUT2D eigenvalue weighted by Crippen LogP contribution is -1.96. The Kier molecular flexibility index (Phi) is 1.92. The number of aromatic amines is 1. The van der Waals surface area contributed by atoms with E-state index < -0.39 is 5.97 Å². The molecule has 72 valence electrons. The van der Waals surface area contributed by atoms with E-state index >= 15 is 0 Å². The molecule has 0 spiro atoms. The second kappa shape index (κ2) is 3.10. The fourth-order valence-corrected chi connectivity index (χ4v) is 1.34. The van der Waals surface area contributed by atoms with Crippen molar-refractivity contribution in [2.24, 2.45) is 0 Å². The SMILES string of the molecule is CCc1[nH]nc2ncc(C(=O)O)cc12. The topological polar surface area (TPSA) is 78.9 Å². The van der Waals surface area contributed by atoms with Gasteiger partial charge in [-0.15, -0.1) is 0 Å². The van der Waals surface area contributed by atoms with E-state index in [4.69, 9.17) is 5.11 Å². The van der Waals surface area contributed by atoms with Gasteiger partial charge in [0.2, 0.25) is 0 Å². The van der Waals surface area contributed by atoms with Crippen molar-refractivity contribution in [1.29, 1.82) is 0 Å². The Balaban J connectivity index is 2.67. The molecule has 2 aromatic rings. The molecule has 0 aromatic carbocycles. The highest BCUT2D eigenvalue weighted by Crippen LogP contribution is 2.15. The zero-order chi connectivity index (χ0) is 10.1. The second-order valence-corrected chi connectivity index (χ2v) is 2.96. The van der Waals surface area contributed by atoms with Gasteiger partial charge in [0, 0.05) is 17.3 Å². The van der Waals surface area contributed by atoms with Crippen molar-refractivity contribution in [3.8, 4) is 0 Å². The van der Waals surface area contributed by atoms with Crippen LogP contribution in [-0.2, 0) is 6.42 Å². The standard InChI is InChI=1S/C9H9N3O2/c1-2-7-6-3-5(9(13)14)4-10-8(6)12-11-7/h3-4H,2H2,1H3,(H,13,14)(H,10,11,12). The summed E-state index contributed by atoms with van der Waals surface area (Å²) < 4.78 is 0. The largest absolute Gasteiger partial charge is 0.478 e. The first-order chi connectivity index (χ1) is 6.72. The number of nitrogens with one attached hydrogen (secondary N) is 1. The Morgan fingerprint density at radius 2 is 2.43 bits per heavy atom. The summed E-state index contributed by atoms with van der Waals surface area (Å²) in [5.41, 5.74) is 1.66. The summed E-state index contributed by atoms with van der Waals surface area (Å²) in [5.74, 6) is -0.970. The molecule has 2 rings (SSSR count). The lowest BCUT2D eigenvalue weighted by molar-refractivity contribution is 0.0696. The molecule has 14 heavy (non-hydrogen) atoms. The summed E-state index contributed by atoms with van der Waals surface area (Å²) in [6, 6.07) is 1.59. The second-order valence-electron chi connectivity index (χ2n) is 2.96. The van der Waals surface area contributed by atoms with Gasteiger partial charge in [0.15, 0.2) is 5.65 Å². The van der Waals surface area contributed by atoms with Crippen LogP contribution in [-0.4, -0.2) is 26.3 Å². The summed E-state index contributed by atoms with van der Waals surface area (Å²) in [6.45, 7) is 1.97. The number of rotatable bonds is 2. The van der Waals surface area contributed by atoms with Gasteiger partial charge in [-0.3, -0.25) is 5.10 Å². The van der Waals surface area contributed by atoms with E-state index in [9.17, 15) is 4.79 Å². The van der Waals surface area contributed by atoms with Crippen LogP contribution in [0.3, 0.4) is 0 Å². The van der Waals surface area contributed by atoms with E-state index in [1.807, 2.05) is 6.92 Å². The fourth-order valence-electron chi connectivity index (χ4n) is 1.34. The number of carboxylic acids is 1. The molecule has 2 aromatic heterocycles. The van der Waals surface area contributed by atoms with Crippen LogP contribution in [0.1, 0.15) is 23.0 Å². The van der Waals surface area contributed by atoms with Crippen molar-refractivity contribution < 1.29 is 9.90 Å². The molecule has 0 radical (unpaired) electrons.